The fourth-order valence-electron chi connectivity index (χ4n) is 11.5. The molecule has 0 spiro atoms. The number of rotatable bonds is 22. The summed E-state index contributed by atoms with van der Waals surface area (Å²) < 4.78 is 47.5. The molecule has 7 rings (SSSR count). The highest BCUT2D eigenvalue weighted by molar-refractivity contribution is 5.96. The highest BCUT2D eigenvalue weighted by Crippen LogP contribution is 2.64. The second-order valence-corrected chi connectivity index (χ2v) is 20.7. The van der Waals surface area contributed by atoms with Crippen LogP contribution >= 0.6 is 0 Å². The van der Waals surface area contributed by atoms with Crippen LogP contribution in [0.1, 0.15) is 99.5 Å². The van der Waals surface area contributed by atoms with Crippen LogP contribution in [0, 0.1) is 16.7 Å². The number of aliphatic hydroxyl groups excluding tert-OH is 1. The fourth-order valence-corrected chi connectivity index (χ4v) is 11.5. The van der Waals surface area contributed by atoms with Crippen LogP contribution in [-0.2, 0) is 66.7 Å². The molecule has 2 amide bonds. The molecule has 3 aromatic rings. The van der Waals surface area contributed by atoms with Crippen molar-refractivity contribution in [1.29, 1.82) is 0 Å². The number of benzene rings is 3. The lowest BCUT2D eigenvalue weighted by atomic mass is 9.44. The van der Waals surface area contributed by atoms with Crippen molar-refractivity contribution in [3.05, 3.63) is 119 Å². The van der Waals surface area contributed by atoms with E-state index in [1.165, 1.54) is 52.0 Å². The summed E-state index contributed by atoms with van der Waals surface area (Å²) in [5, 5.41) is 31.7. The van der Waals surface area contributed by atoms with E-state index in [1.54, 1.807) is 66.7 Å². The van der Waals surface area contributed by atoms with Gasteiger partial charge in [-0.3, -0.25) is 28.8 Å². The first-order valence-corrected chi connectivity index (χ1v) is 25.9. The molecule has 1 heterocycles. The molecule has 3 fully saturated rings. The van der Waals surface area contributed by atoms with E-state index >= 15 is 9.59 Å². The third-order valence-electron chi connectivity index (χ3n) is 15.5. The van der Waals surface area contributed by atoms with E-state index in [9.17, 15) is 39.0 Å². The molecule has 4 aliphatic rings. The molecule has 3 aromatic carbocycles. The van der Waals surface area contributed by atoms with Crippen molar-refractivity contribution in [3.63, 3.8) is 0 Å². The Morgan fingerprint density at radius 1 is 0.795 bits per heavy atom. The molecule has 21 nitrogen and oxygen atoms in total. The maximum absolute atomic E-state index is 15.8. The van der Waals surface area contributed by atoms with E-state index in [0.29, 0.717) is 19.8 Å². The number of fused-ring (bicyclic) bond motifs is 5. The van der Waals surface area contributed by atoms with Gasteiger partial charge in [-0.1, -0.05) is 80.6 Å². The average molecular weight is 1080 g/mol. The topological polar surface area (TPSA) is 301 Å². The maximum atomic E-state index is 15.8. The second-order valence-electron chi connectivity index (χ2n) is 20.7. The van der Waals surface area contributed by atoms with E-state index in [-0.39, 0.29) is 67.0 Å². The van der Waals surface area contributed by atoms with Gasteiger partial charge in [0, 0.05) is 57.2 Å². The van der Waals surface area contributed by atoms with E-state index < -0.39 is 131 Å². The maximum Gasteiger partial charge on any atom is 0.350 e. The monoisotopic (exact) mass is 1080 g/mol. The van der Waals surface area contributed by atoms with Crippen molar-refractivity contribution in [2.24, 2.45) is 22.5 Å². The second kappa shape index (κ2) is 24.8. The molecule has 420 valence electrons. The van der Waals surface area contributed by atoms with Crippen molar-refractivity contribution >= 4 is 47.4 Å². The van der Waals surface area contributed by atoms with Gasteiger partial charge in [-0.25, -0.2) is 9.59 Å². The number of ether oxygens (including phenoxy) is 8. The first kappa shape index (κ1) is 58.8. The molecule has 0 aromatic heterocycles. The molecule has 78 heavy (non-hydrogen) atoms. The Kier molecular flexibility index (Phi) is 18.7. The molecule has 3 aliphatic carbocycles. The first-order valence-electron chi connectivity index (χ1n) is 25.9. The number of amides is 2. The standard InChI is InChI=1S/C57H69N3O18/c1-33-39(75-53(69)47(76-43(65)23-22-42(64)59-25-27-72-29-28-71-26-24-58)45(36-16-10-7-11-17-36)60-51(67)37-18-12-8-13-19-37)31-57(70)50(77-52(68)38-20-14-9-15-21-38)48-55(6,40(63)30-41-56(48,32-73-41)78-35(3)62)49(66)46(74-34(2)61)44(33)54(57,4)5/h7-21,39-41,45-48,50,63,70H,22-32,58H2,1-6H3,(H,59,64)(H,60,67)/t39-,40-,41+,45-,46+,47+,48?,50?,55+,56-,57+/m0/s1. The average Bonchev–Trinajstić information content (AvgIpc) is 1.68. The van der Waals surface area contributed by atoms with Gasteiger partial charge in [0.15, 0.2) is 17.5 Å². The smallest absolute Gasteiger partial charge is 0.350 e. The van der Waals surface area contributed by atoms with E-state index in [1.807, 2.05) is 0 Å². The van der Waals surface area contributed by atoms with Crippen molar-refractivity contribution in [2.75, 3.05) is 46.1 Å². The number of Topliss-reactive ketones (excluding diaryl/α,β-unsaturated/α-hetero) is 1. The van der Waals surface area contributed by atoms with Gasteiger partial charge in [0.2, 0.25) is 12.0 Å². The van der Waals surface area contributed by atoms with Crippen molar-refractivity contribution in [2.45, 2.75) is 121 Å². The number of nitrogens with two attached hydrogens (primary N) is 1. The summed E-state index contributed by atoms with van der Waals surface area (Å²) in [5.74, 6) is -8.83. The van der Waals surface area contributed by atoms with Gasteiger partial charge < -0.3 is 64.5 Å². The summed E-state index contributed by atoms with van der Waals surface area (Å²) >= 11 is 0. The summed E-state index contributed by atoms with van der Waals surface area (Å²) in [6, 6.07) is 22.4. The lowest BCUT2D eigenvalue weighted by Crippen LogP contribution is -2.82. The molecule has 21 heteroatoms. The van der Waals surface area contributed by atoms with Crippen molar-refractivity contribution in [3.8, 4) is 0 Å². The van der Waals surface area contributed by atoms with Crippen LogP contribution in [0.15, 0.2) is 102 Å². The van der Waals surface area contributed by atoms with Gasteiger partial charge in [0.1, 0.15) is 30.0 Å². The van der Waals surface area contributed by atoms with Crippen LogP contribution in [0.25, 0.3) is 0 Å². The van der Waals surface area contributed by atoms with Gasteiger partial charge in [-0.15, -0.1) is 0 Å². The van der Waals surface area contributed by atoms with Crippen LogP contribution in [0.4, 0.5) is 0 Å². The zero-order valence-corrected chi connectivity index (χ0v) is 44.6. The molecule has 1 saturated heterocycles. The largest absolute Gasteiger partial charge is 0.455 e. The van der Waals surface area contributed by atoms with Crippen molar-refractivity contribution < 1.29 is 86.5 Å². The number of carbonyl (C=O) groups is 8. The minimum atomic E-state index is -2.50. The summed E-state index contributed by atoms with van der Waals surface area (Å²) in [5.41, 5.74) is -2.31. The lowest BCUT2D eigenvalue weighted by Gasteiger charge is -2.67. The Hall–Kier alpha value is -6.88. The third-order valence-corrected chi connectivity index (χ3v) is 15.5. The van der Waals surface area contributed by atoms with Gasteiger partial charge in [0.05, 0.1) is 62.5 Å². The number of hydrogen-bond donors (Lipinski definition) is 5. The highest BCUT2D eigenvalue weighted by Gasteiger charge is 2.78. The van der Waals surface area contributed by atoms with E-state index in [2.05, 4.69) is 10.6 Å². The molecule has 11 atom stereocenters. The number of carbonyl (C=O) groups excluding carboxylic acids is 8. The Morgan fingerprint density at radius 3 is 2.00 bits per heavy atom. The van der Waals surface area contributed by atoms with Crippen LogP contribution in [0.5, 0.6) is 0 Å². The molecule has 2 bridgehead atoms. The minimum absolute atomic E-state index is 0.0257. The molecule has 1 aliphatic heterocycles. The number of nitrogens with one attached hydrogen (secondary N) is 2. The summed E-state index contributed by atoms with van der Waals surface area (Å²) in [7, 11) is 0. The van der Waals surface area contributed by atoms with Gasteiger partial charge in [0.25, 0.3) is 5.91 Å². The number of hydrogen-bond acceptors (Lipinski definition) is 19. The predicted molar refractivity (Wildman–Crippen MR) is 274 cm³/mol. The Morgan fingerprint density at radius 2 is 1.41 bits per heavy atom. The third kappa shape index (κ3) is 12.1. The van der Waals surface area contributed by atoms with Crippen LogP contribution in [0.2, 0.25) is 0 Å². The summed E-state index contributed by atoms with van der Waals surface area (Å²) in [6.45, 7) is 9.33. The van der Waals surface area contributed by atoms with E-state index in [4.69, 9.17) is 43.6 Å². The summed E-state index contributed by atoms with van der Waals surface area (Å²) in [6.07, 6.45) is -12.0. The van der Waals surface area contributed by atoms with Gasteiger partial charge in [-0.05, 0) is 54.8 Å². The number of ketones is 1. The zero-order valence-electron chi connectivity index (χ0n) is 44.6. The SMILES string of the molecule is CC(=O)O[C@H]1C(=O)[C@@]2(C)C(C(OC(=O)c3ccccc3)[C@]3(O)C[C@H](OC(=O)[C@H](OC(=O)CCC(=O)NCCOCCOCCN)[C@@H](NC(=O)c4ccccc4)c4ccccc4)C(C)=C1C3(C)C)[C@]1(OC(C)=O)CO[C@@H]1C[C@@H]2O. The molecule has 2 unspecified atom stereocenters. The van der Waals surface area contributed by atoms with Crippen LogP contribution < -0.4 is 16.4 Å². The first-order chi connectivity index (χ1) is 37.1. The predicted octanol–water partition coefficient (Wildman–Crippen LogP) is 3.17. The quantitative estimate of drug-likeness (QED) is 0.0418. The lowest BCUT2D eigenvalue weighted by molar-refractivity contribution is -0.346. The molecule has 2 saturated carbocycles. The van der Waals surface area contributed by atoms with Gasteiger partial charge in [-0.2, -0.15) is 0 Å². The molecular formula is C57H69N3O18. The van der Waals surface area contributed by atoms with Gasteiger partial charge >= 0.3 is 29.8 Å². The zero-order chi connectivity index (χ0) is 56.6. The Labute approximate surface area is 451 Å². The van der Waals surface area contributed by atoms with Crippen LogP contribution in [-0.4, -0.2) is 152 Å². The Bertz CT molecular complexity index is 2720. The number of aliphatic hydroxyl groups is 2. The Balaban J connectivity index is 1.32. The minimum Gasteiger partial charge on any atom is -0.455 e. The molecule has 0 radical (unpaired) electrons. The fraction of sp³-hybridized carbons (Fsp3) is 0.509. The normalized spacial score (nSPS) is 27.6. The molecule has 6 N–H and O–H groups in total. The molecular weight excluding hydrogens is 1010 g/mol. The van der Waals surface area contributed by atoms with E-state index in [0.717, 1.165) is 13.8 Å². The van der Waals surface area contributed by atoms with Crippen molar-refractivity contribution in [1.82, 2.24) is 10.6 Å². The highest BCUT2D eigenvalue weighted by atomic mass is 16.6. The van der Waals surface area contributed by atoms with Crippen LogP contribution in [0.3, 0.4) is 0 Å². The summed E-state index contributed by atoms with van der Waals surface area (Å²) in [4.78, 5) is 113. The number of esters is 5.